The molecule has 1 aromatic heterocycles. The zero-order valence-corrected chi connectivity index (χ0v) is 11.1. The Morgan fingerprint density at radius 3 is 2.90 bits per heavy atom. The first kappa shape index (κ1) is 13.8. The van der Waals surface area contributed by atoms with E-state index in [1.165, 1.54) is 18.6 Å². The molecular formula is C14H15N3O3. The minimum atomic E-state index is -0.271. The van der Waals surface area contributed by atoms with Crippen molar-refractivity contribution in [2.45, 2.75) is 0 Å². The molecule has 0 aliphatic rings. The van der Waals surface area contributed by atoms with E-state index in [1.54, 1.807) is 13.2 Å². The van der Waals surface area contributed by atoms with Crippen molar-refractivity contribution in [2.24, 2.45) is 0 Å². The second-order valence-corrected chi connectivity index (χ2v) is 3.87. The van der Waals surface area contributed by atoms with Gasteiger partial charge in [0.15, 0.2) is 0 Å². The van der Waals surface area contributed by atoms with Gasteiger partial charge in [0, 0.05) is 18.5 Å². The first-order valence-electron chi connectivity index (χ1n) is 6.10. The van der Waals surface area contributed by atoms with E-state index in [0.717, 1.165) is 5.75 Å². The molecular weight excluding hydrogens is 258 g/mol. The lowest BCUT2D eigenvalue weighted by molar-refractivity contribution is 0.0941. The summed E-state index contributed by atoms with van der Waals surface area (Å²) in [7, 11) is 1.60. The molecule has 0 bridgehead atoms. The summed E-state index contributed by atoms with van der Waals surface area (Å²) in [5.74, 6) is 1.15. The van der Waals surface area contributed by atoms with Crippen molar-refractivity contribution in [2.75, 3.05) is 20.3 Å². The van der Waals surface area contributed by atoms with Crippen molar-refractivity contribution in [1.82, 2.24) is 15.3 Å². The van der Waals surface area contributed by atoms with Crippen LogP contribution >= 0.6 is 0 Å². The van der Waals surface area contributed by atoms with Gasteiger partial charge in [-0.1, -0.05) is 6.07 Å². The van der Waals surface area contributed by atoms with Gasteiger partial charge in [0.2, 0.25) is 0 Å². The van der Waals surface area contributed by atoms with E-state index < -0.39 is 0 Å². The van der Waals surface area contributed by atoms with Gasteiger partial charge >= 0.3 is 0 Å². The Morgan fingerprint density at radius 2 is 2.15 bits per heavy atom. The third-order valence-electron chi connectivity index (χ3n) is 2.49. The molecule has 2 aromatic rings. The van der Waals surface area contributed by atoms with Crippen molar-refractivity contribution < 1.29 is 14.3 Å². The molecule has 6 nitrogen and oxygen atoms in total. The number of carbonyl (C=O) groups excluding carboxylic acids is 1. The topological polar surface area (TPSA) is 73.3 Å². The van der Waals surface area contributed by atoms with Gasteiger partial charge < -0.3 is 14.8 Å². The number of nitrogens with zero attached hydrogens (tertiary/aromatic N) is 2. The van der Waals surface area contributed by atoms with E-state index >= 15 is 0 Å². The lowest BCUT2D eigenvalue weighted by atomic mass is 10.3. The molecule has 1 amide bonds. The molecule has 1 N–H and O–H groups in total. The molecule has 104 valence electrons. The van der Waals surface area contributed by atoms with Crippen LogP contribution in [0.15, 0.2) is 42.9 Å². The second kappa shape index (κ2) is 7.08. The van der Waals surface area contributed by atoms with E-state index in [-0.39, 0.29) is 11.6 Å². The summed E-state index contributed by atoms with van der Waals surface area (Å²) in [4.78, 5) is 19.4. The summed E-state index contributed by atoms with van der Waals surface area (Å²) in [6.45, 7) is 0.742. The van der Waals surface area contributed by atoms with Crippen LogP contribution < -0.4 is 14.8 Å². The molecule has 0 spiro atoms. The minimum Gasteiger partial charge on any atom is -0.497 e. The van der Waals surface area contributed by atoms with Crippen molar-refractivity contribution in [3.05, 3.63) is 48.5 Å². The van der Waals surface area contributed by atoms with Crippen LogP contribution in [0.3, 0.4) is 0 Å². The minimum absolute atomic E-state index is 0.271. The summed E-state index contributed by atoms with van der Waals surface area (Å²) in [5.41, 5.74) is 0.286. The van der Waals surface area contributed by atoms with Crippen molar-refractivity contribution in [3.8, 4) is 11.5 Å². The van der Waals surface area contributed by atoms with Gasteiger partial charge in [-0.2, -0.15) is 0 Å². The van der Waals surface area contributed by atoms with Gasteiger partial charge in [0.25, 0.3) is 5.91 Å². The van der Waals surface area contributed by atoms with Gasteiger partial charge in [-0.25, -0.2) is 4.98 Å². The SMILES string of the molecule is COc1cccc(OCCNC(=O)c2cnccn2)c1. The number of rotatable bonds is 6. The lowest BCUT2D eigenvalue weighted by Gasteiger charge is -2.08. The number of ether oxygens (including phenoxy) is 2. The number of hydrogen-bond acceptors (Lipinski definition) is 5. The molecule has 1 heterocycles. The third kappa shape index (κ3) is 3.94. The summed E-state index contributed by atoms with van der Waals surface area (Å²) in [6, 6.07) is 7.28. The maximum absolute atomic E-state index is 11.7. The van der Waals surface area contributed by atoms with E-state index in [9.17, 15) is 4.79 Å². The first-order chi connectivity index (χ1) is 9.79. The second-order valence-electron chi connectivity index (χ2n) is 3.87. The summed E-state index contributed by atoms with van der Waals surface area (Å²) >= 11 is 0. The van der Waals surface area contributed by atoms with Crippen LogP contribution in [0.4, 0.5) is 0 Å². The standard InChI is InChI=1S/C14H15N3O3/c1-19-11-3-2-4-12(9-11)20-8-7-17-14(18)13-10-15-5-6-16-13/h2-6,9-10H,7-8H2,1H3,(H,17,18). The zero-order chi connectivity index (χ0) is 14.2. The van der Waals surface area contributed by atoms with E-state index in [4.69, 9.17) is 9.47 Å². The normalized spacial score (nSPS) is 9.85. The quantitative estimate of drug-likeness (QED) is 0.803. The van der Waals surface area contributed by atoms with Crippen LogP contribution in [0.5, 0.6) is 11.5 Å². The Bertz CT molecular complexity index is 561. The number of hydrogen-bond donors (Lipinski definition) is 1. The highest BCUT2D eigenvalue weighted by Gasteiger charge is 2.05. The monoisotopic (exact) mass is 273 g/mol. The number of aromatic nitrogens is 2. The number of nitrogens with one attached hydrogen (secondary N) is 1. The smallest absolute Gasteiger partial charge is 0.271 e. The number of carbonyl (C=O) groups is 1. The largest absolute Gasteiger partial charge is 0.497 e. The highest BCUT2D eigenvalue weighted by atomic mass is 16.5. The average Bonchev–Trinajstić information content (AvgIpc) is 2.52. The molecule has 20 heavy (non-hydrogen) atoms. The Kier molecular flexibility index (Phi) is 4.88. The zero-order valence-electron chi connectivity index (χ0n) is 11.1. The molecule has 0 aliphatic carbocycles. The van der Waals surface area contributed by atoms with Gasteiger partial charge in [-0.3, -0.25) is 9.78 Å². The predicted molar refractivity (Wildman–Crippen MR) is 72.9 cm³/mol. The van der Waals surface area contributed by atoms with Crippen LogP contribution in [0.25, 0.3) is 0 Å². The molecule has 0 atom stereocenters. The molecule has 2 rings (SSSR count). The summed E-state index contributed by atoms with van der Waals surface area (Å²) < 4.78 is 10.6. The van der Waals surface area contributed by atoms with E-state index in [0.29, 0.717) is 18.9 Å². The Morgan fingerprint density at radius 1 is 1.30 bits per heavy atom. The highest BCUT2D eigenvalue weighted by Crippen LogP contribution is 2.18. The van der Waals surface area contributed by atoms with Crippen LogP contribution in [-0.2, 0) is 0 Å². The van der Waals surface area contributed by atoms with Gasteiger partial charge in [0.05, 0.1) is 19.9 Å². The molecule has 0 unspecified atom stereocenters. The predicted octanol–water partition coefficient (Wildman–Crippen LogP) is 1.29. The maximum Gasteiger partial charge on any atom is 0.271 e. The molecule has 0 saturated heterocycles. The van der Waals surface area contributed by atoms with Crippen molar-refractivity contribution in [3.63, 3.8) is 0 Å². The highest BCUT2D eigenvalue weighted by molar-refractivity contribution is 5.91. The van der Waals surface area contributed by atoms with Gasteiger partial charge in [-0.15, -0.1) is 0 Å². The Hall–Kier alpha value is -2.63. The van der Waals surface area contributed by atoms with E-state index in [2.05, 4.69) is 15.3 Å². The van der Waals surface area contributed by atoms with Crippen LogP contribution in [0.1, 0.15) is 10.5 Å². The van der Waals surface area contributed by atoms with Gasteiger partial charge in [-0.05, 0) is 12.1 Å². The molecule has 0 fully saturated rings. The maximum atomic E-state index is 11.7. The van der Waals surface area contributed by atoms with E-state index in [1.807, 2.05) is 18.2 Å². The fourth-order valence-electron chi connectivity index (χ4n) is 1.53. The molecule has 0 aliphatic heterocycles. The average molecular weight is 273 g/mol. The molecule has 0 radical (unpaired) electrons. The Balaban J connectivity index is 1.75. The van der Waals surface area contributed by atoms with Crippen molar-refractivity contribution in [1.29, 1.82) is 0 Å². The third-order valence-corrected chi connectivity index (χ3v) is 2.49. The summed E-state index contributed by atoms with van der Waals surface area (Å²) in [5, 5.41) is 2.70. The summed E-state index contributed by atoms with van der Waals surface area (Å²) in [6.07, 6.45) is 4.41. The van der Waals surface area contributed by atoms with Crippen LogP contribution in [0.2, 0.25) is 0 Å². The van der Waals surface area contributed by atoms with Crippen LogP contribution in [-0.4, -0.2) is 36.1 Å². The van der Waals surface area contributed by atoms with Crippen molar-refractivity contribution >= 4 is 5.91 Å². The fraction of sp³-hybridized carbons (Fsp3) is 0.214. The van der Waals surface area contributed by atoms with Crippen LogP contribution in [0, 0.1) is 0 Å². The number of benzene rings is 1. The van der Waals surface area contributed by atoms with Gasteiger partial charge in [0.1, 0.15) is 23.8 Å². The number of methoxy groups -OCH3 is 1. The molecule has 6 heteroatoms. The number of amides is 1. The fourth-order valence-corrected chi connectivity index (χ4v) is 1.53. The first-order valence-corrected chi connectivity index (χ1v) is 6.10. The lowest BCUT2D eigenvalue weighted by Crippen LogP contribution is -2.28. The Labute approximate surface area is 116 Å². The molecule has 1 aromatic carbocycles. The molecule has 0 saturated carbocycles.